The molecular weight excluding hydrogens is 454 g/mol. The summed E-state index contributed by atoms with van der Waals surface area (Å²) in [6, 6.07) is 9.33. The second-order valence-electron chi connectivity index (χ2n) is 8.45. The Morgan fingerprint density at radius 1 is 1.21 bits per heavy atom. The van der Waals surface area contributed by atoms with E-state index in [1.165, 1.54) is 42.0 Å². The highest BCUT2D eigenvalue weighted by Crippen LogP contribution is 2.38. The first-order valence-electron chi connectivity index (χ1n) is 11.2. The molecule has 1 aliphatic carbocycles. The summed E-state index contributed by atoms with van der Waals surface area (Å²) in [5.41, 5.74) is 2.83. The molecule has 2 N–H and O–H groups in total. The highest BCUT2D eigenvalue weighted by molar-refractivity contribution is 8.00. The van der Waals surface area contributed by atoms with Gasteiger partial charge in [0.05, 0.1) is 10.1 Å². The van der Waals surface area contributed by atoms with Crippen molar-refractivity contribution in [1.82, 2.24) is 14.8 Å². The number of fused-ring (bicyclic) bond motifs is 1. The largest absolute Gasteiger partial charge is 0.326 e. The molecule has 4 rings (SSSR count). The number of anilines is 2. The number of carbonyl (C=O) groups is 2. The molecule has 2 aromatic heterocycles. The van der Waals surface area contributed by atoms with E-state index in [0.29, 0.717) is 16.5 Å². The highest BCUT2D eigenvalue weighted by Gasteiger charge is 2.24. The van der Waals surface area contributed by atoms with Gasteiger partial charge in [-0.2, -0.15) is 0 Å². The first kappa shape index (κ1) is 23.5. The van der Waals surface area contributed by atoms with Crippen LogP contribution < -0.4 is 10.6 Å². The van der Waals surface area contributed by atoms with Crippen molar-refractivity contribution in [3.63, 3.8) is 0 Å². The number of amides is 2. The van der Waals surface area contributed by atoms with E-state index in [2.05, 4.69) is 33.8 Å². The zero-order valence-electron chi connectivity index (χ0n) is 19.3. The average Bonchev–Trinajstić information content (AvgIpc) is 3.37. The third-order valence-corrected chi connectivity index (χ3v) is 8.31. The molecule has 0 saturated carbocycles. The summed E-state index contributed by atoms with van der Waals surface area (Å²) in [7, 11) is 1.95. The lowest BCUT2D eigenvalue weighted by Gasteiger charge is -2.19. The number of aromatic nitrogens is 3. The smallest absolute Gasteiger partial charge is 0.237 e. The SMILES string of the molecule is CC[C@H]1CCc2sc(-c3nnc(S[C@@H](C)C(=O)Nc4ccc(NC(C)=O)cc4)n3C)cc2C1. The first-order valence-corrected chi connectivity index (χ1v) is 12.9. The number of nitrogens with one attached hydrogen (secondary N) is 2. The lowest BCUT2D eigenvalue weighted by atomic mass is 9.87. The van der Waals surface area contributed by atoms with Crippen LogP contribution in [0.15, 0.2) is 35.5 Å². The van der Waals surface area contributed by atoms with Crippen LogP contribution in [0.5, 0.6) is 0 Å². The first-order chi connectivity index (χ1) is 15.8. The molecule has 1 aromatic carbocycles. The van der Waals surface area contributed by atoms with Crippen LogP contribution in [-0.4, -0.2) is 31.8 Å². The summed E-state index contributed by atoms with van der Waals surface area (Å²) < 4.78 is 1.98. The molecule has 174 valence electrons. The van der Waals surface area contributed by atoms with Gasteiger partial charge in [0.2, 0.25) is 11.8 Å². The van der Waals surface area contributed by atoms with Crippen molar-refractivity contribution in [2.45, 2.75) is 56.9 Å². The summed E-state index contributed by atoms with van der Waals surface area (Å²) in [5, 5.41) is 14.8. The van der Waals surface area contributed by atoms with Crippen molar-refractivity contribution < 1.29 is 9.59 Å². The molecule has 1 aliphatic rings. The quantitative estimate of drug-likeness (QED) is 0.455. The molecule has 3 aromatic rings. The summed E-state index contributed by atoms with van der Waals surface area (Å²) in [6.07, 6.45) is 4.81. The molecule has 9 heteroatoms. The zero-order valence-corrected chi connectivity index (χ0v) is 21.0. The molecule has 2 heterocycles. The molecule has 0 spiro atoms. The van der Waals surface area contributed by atoms with Crippen molar-refractivity contribution in [3.05, 3.63) is 40.8 Å². The number of hydrogen-bond donors (Lipinski definition) is 2. The fraction of sp³-hybridized carbons (Fsp3) is 0.417. The van der Waals surface area contributed by atoms with Gasteiger partial charge in [-0.3, -0.25) is 9.59 Å². The van der Waals surface area contributed by atoms with Gasteiger partial charge in [-0.15, -0.1) is 21.5 Å². The Morgan fingerprint density at radius 2 is 1.91 bits per heavy atom. The normalized spacial score (nSPS) is 16.2. The maximum atomic E-state index is 12.7. The lowest BCUT2D eigenvalue weighted by molar-refractivity contribution is -0.115. The molecule has 0 radical (unpaired) electrons. The van der Waals surface area contributed by atoms with E-state index in [9.17, 15) is 9.59 Å². The van der Waals surface area contributed by atoms with E-state index < -0.39 is 0 Å². The highest BCUT2D eigenvalue weighted by atomic mass is 32.2. The van der Waals surface area contributed by atoms with Crippen LogP contribution in [-0.2, 0) is 29.5 Å². The molecule has 2 atom stereocenters. The molecule has 7 nitrogen and oxygen atoms in total. The van der Waals surface area contributed by atoms with Crippen molar-refractivity contribution in [2.75, 3.05) is 10.6 Å². The van der Waals surface area contributed by atoms with Crippen LogP contribution >= 0.6 is 23.1 Å². The number of aryl methyl sites for hydroxylation is 1. The number of nitrogens with zero attached hydrogens (tertiary/aromatic N) is 3. The van der Waals surface area contributed by atoms with Crippen molar-refractivity contribution in [1.29, 1.82) is 0 Å². The van der Waals surface area contributed by atoms with Gasteiger partial charge in [-0.1, -0.05) is 25.1 Å². The monoisotopic (exact) mass is 483 g/mol. The standard InChI is InChI=1S/C24H29N5O2S2/c1-5-16-6-11-20-17(12-16)13-21(33-20)22-27-28-24(29(22)4)32-14(2)23(31)26-19-9-7-18(8-10-19)25-15(3)30/h7-10,13-14,16H,5-6,11-12H2,1-4H3,(H,25,30)(H,26,31)/t14-,16-/m0/s1. The molecule has 0 saturated heterocycles. The van der Waals surface area contributed by atoms with Crippen molar-refractivity contribution >= 4 is 46.3 Å². The Bertz CT molecular complexity index is 1150. The predicted molar refractivity (Wildman–Crippen MR) is 135 cm³/mol. The molecule has 0 fully saturated rings. The second kappa shape index (κ2) is 10.1. The molecule has 0 aliphatic heterocycles. The average molecular weight is 484 g/mol. The molecular formula is C24H29N5O2S2. The van der Waals surface area contributed by atoms with E-state index in [0.717, 1.165) is 29.5 Å². The van der Waals surface area contributed by atoms with Crippen LogP contribution in [0.25, 0.3) is 10.7 Å². The van der Waals surface area contributed by atoms with E-state index >= 15 is 0 Å². The van der Waals surface area contributed by atoms with Crippen molar-refractivity contribution in [3.8, 4) is 10.7 Å². The summed E-state index contributed by atoms with van der Waals surface area (Å²) >= 11 is 3.21. The van der Waals surface area contributed by atoms with Gasteiger partial charge in [-0.25, -0.2) is 0 Å². The van der Waals surface area contributed by atoms with Crippen LogP contribution in [0.4, 0.5) is 11.4 Å². The van der Waals surface area contributed by atoms with Gasteiger partial charge >= 0.3 is 0 Å². The minimum Gasteiger partial charge on any atom is -0.326 e. The van der Waals surface area contributed by atoms with Gasteiger partial charge in [0.1, 0.15) is 0 Å². The number of thioether (sulfide) groups is 1. The van der Waals surface area contributed by atoms with Gasteiger partial charge in [-0.05, 0) is 68.0 Å². The number of thiophene rings is 1. The van der Waals surface area contributed by atoms with Crippen LogP contribution in [0, 0.1) is 5.92 Å². The topological polar surface area (TPSA) is 88.9 Å². The second-order valence-corrected chi connectivity index (χ2v) is 10.9. The van der Waals surface area contributed by atoms with Gasteiger partial charge in [0.15, 0.2) is 11.0 Å². The van der Waals surface area contributed by atoms with Gasteiger partial charge in [0, 0.05) is 30.2 Å². The summed E-state index contributed by atoms with van der Waals surface area (Å²) in [4.78, 5) is 26.5. The predicted octanol–water partition coefficient (Wildman–Crippen LogP) is 5.14. The molecule has 0 bridgehead atoms. The molecule has 0 unspecified atom stereocenters. The van der Waals surface area contributed by atoms with E-state index in [4.69, 9.17) is 0 Å². The Balaban J connectivity index is 1.40. The Hall–Kier alpha value is -2.65. The number of rotatable bonds is 7. The molecule has 33 heavy (non-hydrogen) atoms. The van der Waals surface area contributed by atoms with Crippen LogP contribution in [0.2, 0.25) is 0 Å². The van der Waals surface area contributed by atoms with E-state index in [-0.39, 0.29) is 17.1 Å². The third-order valence-electron chi connectivity index (χ3n) is 5.94. The number of hydrogen-bond acceptors (Lipinski definition) is 6. The Labute approximate surface area is 202 Å². The fourth-order valence-corrected chi connectivity index (χ4v) is 6.03. The van der Waals surface area contributed by atoms with Crippen molar-refractivity contribution in [2.24, 2.45) is 13.0 Å². The summed E-state index contributed by atoms with van der Waals surface area (Å²) in [6.45, 7) is 5.59. The van der Waals surface area contributed by atoms with E-state index in [1.807, 2.05) is 29.9 Å². The third kappa shape index (κ3) is 5.47. The molecule has 2 amide bonds. The van der Waals surface area contributed by atoms with Gasteiger partial charge in [0.25, 0.3) is 0 Å². The maximum absolute atomic E-state index is 12.7. The van der Waals surface area contributed by atoms with Gasteiger partial charge < -0.3 is 15.2 Å². The Morgan fingerprint density at radius 3 is 2.58 bits per heavy atom. The summed E-state index contributed by atoms with van der Waals surface area (Å²) in [5.74, 6) is 1.39. The number of carbonyl (C=O) groups excluding carboxylic acids is 2. The Kier molecular flexibility index (Phi) is 7.19. The lowest BCUT2D eigenvalue weighted by Crippen LogP contribution is -2.22. The maximum Gasteiger partial charge on any atom is 0.237 e. The zero-order chi connectivity index (χ0) is 23.5. The van der Waals surface area contributed by atoms with Crippen LogP contribution in [0.3, 0.4) is 0 Å². The fourth-order valence-electron chi connectivity index (χ4n) is 3.99. The minimum absolute atomic E-state index is 0.117. The van der Waals surface area contributed by atoms with Crippen LogP contribution in [0.1, 0.15) is 44.1 Å². The minimum atomic E-state index is -0.349. The van der Waals surface area contributed by atoms with E-state index in [1.54, 1.807) is 24.3 Å². The number of benzene rings is 1.